The Morgan fingerprint density at radius 2 is 2.35 bits per heavy atom. The zero-order valence-electron chi connectivity index (χ0n) is 10.7. The second kappa shape index (κ2) is 5.47. The third kappa shape index (κ3) is 2.54. The van der Waals surface area contributed by atoms with E-state index in [2.05, 4.69) is 0 Å². The number of halogens is 1. The van der Waals surface area contributed by atoms with E-state index in [9.17, 15) is 9.18 Å². The van der Waals surface area contributed by atoms with E-state index in [1.54, 1.807) is 17.0 Å². The van der Waals surface area contributed by atoms with Crippen molar-refractivity contribution in [2.75, 3.05) is 26.3 Å². The van der Waals surface area contributed by atoms with E-state index in [0.29, 0.717) is 24.6 Å². The van der Waals surface area contributed by atoms with Crippen LogP contribution in [-0.4, -0.2) is 48.3 Å². The third-order valence-corrected chi connectivity index (χ3v) is 4.41. The summed E-state index contributed by atoms with van der Waals surface area (Å²) in [5.41, 5.74) is 0. The first-order valence-electron chi connectivity index (χ1n) is 6.38. The van der Waals surface area contributed by atoms with Gasteiger partial charge >= 0.3 is 0 Å². The minimum Gasteiger partial charge on any atom is -0.394 e. The van der Waals surface area contributed by atoms with Gasteiger partial charge in [0.15, 0.2) is 0 Å². The molecule has 20 heavy (non-hydrogen) atoms. The molecule has 2 heterocycles. The molecule has 1 aromatic carbocycles. The molecular weight excluding hydrogens is 281 g/mol. The first kappa shape index (κ1) is 13.5. The molecule has 1 amide bonds. The van der Waals surface area contributed by atoms with E-state index < -0.39 is 0 Å². The van der Waals surface area contributed by atoms with E-state index in [4.69, 9.17) is 9.84 Å². The number of aliphatic hydroxyl groups excluding tert-OH is 1. The van der Waals surface area contributed by atoms with E-state index >= 15 is 0 Å². The van der Waals surface area contributed by atoms with Crippen molar-refractivity contribution in [2.45, 2.75) is 6.10 Å². The Hall–Kier alpha value is -1.50. The molecule has 1 N–H and O–H groups in total. The van der Waals surface area contributed by atoms with Gasteiger partial charge in [-0.1, -0.05) is 6.07 Å². The Morgan fingerprint density at radius 1 is 1.50 bits per heavy atom. The summed E-state index contributed by atoms with van der Waals surface area (Å²) >= 11 is 1.29. The van der Waals surface area contributed by atoms with Crippen LogP contribution in [0.25, 0.3) is 10.1 Å². The van der Waals surface area contributed by atoms with Crippen LogP contribution in [0.15, 0.2) is 24.3 Å². The number of thiophene rings is 1. The van der Waals surface area contributed by atoms with Crippen molar-refractivity contribution < 1.29 is 19.0 Å². The molecule has 1 unspecified atom stereocenters. The summed E-state index contributed by atoms with van der Waals surface area (Å²) in [6.45, 7) is 1.23. The van der Waals surface area contributed by atoms with Crippen molar-refractivity contribution in [3.8, 4) is 0 Å². The van der Waals surface area contributed by atoms with E-state index in [0.717, 1.165) is 10.1 Å². The fourth-order valence-electron chi connectivity index (χ4n) is 2.28. The number of carbonyl (C=O) groups excluding carboxylic acids is 1. The number of carbonyl (C=O) groups is 1. The molecule has 2 aromatic rings. The van der Waals surface area contributed by atoms with Crippen LogP contribution in [0.2, 0.25) is 0 Å². The normalized spacial score (nSPS) is 19.5. The topological polar surface area (TPSA) is 49.8 Å². The number of morpholine rings is 1. The predicted octanol–water partition coefficient (Wildman–Crippen LogP) is 1.87. The SMILES string of the molecule is O=C(c1cc2ccc(F)cc2s1)N1CCOC(CO)C1. The zero-order chi connectivity index (χ0) is 14.1. The molecule has 106 valence electrons. The van der Waals surface area contributed by atoms with Crippen LogP contribution in [0.3, 0.4) is 0 Å². The van der Waals surface area contributed by atoms with Gasteiger partial charge in [0, 0.05) is 17.8 Å². The van der Waals surface area contributed by atoms with Crippen molar-refractivity contribution in [3.05, 3.63) is 35.0 Å². The number of benzene rings is 1. The monoisotopic (exact) mass is 295 g/mol. The number of aliphatic hydroxyl groups is 1. The molecule has 0 saturated carbocycles. The maximum atomic E-state index is 13.2. The lowest BCUT2D eigenvalue weighted by molar-refractivity contribution is -0.0446. The lowest BCUT2D eigenvalue weighted by Crippen LogP contribution is -2.46. The number of nitrogens with zero attached hydrogens (tertiary/aromatic N) is 1. The minimum absolute atomic E-state index is 0.0895. The number of ether oxygens (including phenoxy) is 1. The van der Waals surface area contributed by atoms with Crippen LogP contribution < -0.4 is 0 Å². The van der Waals surface area contributed by atoms with Crippen molar-refractivity contribution in [3.63, 3.8) is 0 Å². The molecule has 0 spiro atoms. The molecular formula is C14H14FNO3S. The van der Waals surface area contributed by atoms with Crippen molar-refractivity contribution >= 4 is 27.3 Å². The first-order valence-corrected chi connectivity index (χ1v) is 7.20. The van der Waals surface area contributed by atoms with Gasteiger partial charge in [-0.15, -0.1) is 11.3 Å². The van der Waals surface area contributed by atoms with Gasteiger partial charge in [0.1, 0.15) is 5.82 Å². The summed E-state index contributed by atoms with van der Waals surface area (Å²) in [6.07, 6.45) is -0.320. The summed E-state index contributed by atoms with van der Waals surface area (Å²) < 4.78 is 19.3. The average Bonchev–Trinajstić information content (AvgIpc) is 2.89. The van der Waals surface area contributed by atoms with Crippen molar-refractivity contribution in [1.29, 1.82) is 0 Å². The number of rotatable bonds is 2. The fourth-order valence-corrected chi connectivity index (χ4v) is 3.34. The number of hydrogen-bond acceptors (Lipinski definition) is 4. The molecule has 1 aromatic heterocycles. The van der Waals surface area contributed by atoms with Crippen LogP contribution in [-0.2, 0) is 4.74 Å². The summed E-state index contributed by atoms with van der Waals surface area (Å²) in [7, 11) is 0. The summed E-state index contributed by atoms with van der Waals surface area (Å²) in [6, 6.07) is 6.28. The molecule has 3 rings (SSSR count). The molecule has 1 aliphatic heterocycles. The largest absolute Gasteiger partial charge is 0.394 e. The van der Waals surface area contributed by atoms with E-state index in [1.165, 1.54) is 23.5 Å². The van der Waals surface area contributed by atoms with Crippen LogP contribution in [0.5, 0.6) is 0 Å². The maximum absolute atomic E-state index is 13.2. The van der Waals surface area contributed by atoms with Gasteiger partial charge in [-0.3, -0.25) is 4.79 Å². The highest BCUT2D eigenvalue weighted by atomic mass is 32.1. The fraction of sp³-hybridized carbons (Fsp3) is 0.357. The standard InChI is InChI=1S/C14H14FNO3S/c15-10-2-1-9-5-13(20-12(9)6-10)14(18)16-3-4-19-11(7-16)8-17/h1-2,5-6,11,17H,3-4,7-8H2. The Morgan fingerprint density at radius 3 is 3.15 bits per heavy atom. The van der Waals surface area contributed by atoms with Gasteiger partial charge in [-0.25, -0.2) is 4.39 Å². The highest BCUT2D eigenvalue weighted by Crippen LogP contribution is 2.27. The van der Waals surface area contributed by atoms with Gasteiger partial charge in [0.05, 0.1) is 24.2 Å². The molecule has 0 bridgehead atoms. The third-order valence-electron chi connectivity index (χ3n) is 3.32. The molecule has 4 nitrogen and oxygen atoms in total. The van der Waals surface area contributed by atoms with Crippen LogP contribution >= 0.6 is 11.3 Å². The highest BCUT2D eigenvalue weighted by molar-refractivity contribution is 7.20. The van der Waals surface area contributed by atoms with Gasteiger partial charge in [-0.05, 0) is 23.6 Å². The minimum atomic E-state index is -0.320. The second-order valence-corrected chi connectivity index (χ2v) is 5.80. The molecule has 1 aliphatic rings. The van der Waals surface area contributed by atoms with E-state index in [1.807, 2.05) is 0 Å². The quantitative estimate of drug-likeness (QED) is 0.920. The Bertz CT molecular complexity index is 642. The van der Waals surface area contributed by atoms with Gasteiger partial charge in [0.2, 0.25) is 0 Å². The van der Waals surface area contributed by atoms with Crippen molar-refractivity contribution in [1.82, 2.24) is 4.90 Å². The van der Waals surface area contributed by atoms with Gasteiger partial charge in [0.25, 0.3) is 5.91 Å². The number of hydrogen-bond donors (Lipinski definition) is 1. The second-order valence-electron chi connectivity index (χ2n) is 4.72. The van der Waals surface area contributed by atoms with Crippen LogP contribution in [0.1, 0.15) is 9.67 Å². The predicted molar refractivity (Wildman–Crippen MR) is 74.5 cm³/mol. The van der Waals surface area contributed by atoms with Gasteiger partial charge < -0.3 is 14.7 Å². The van der Waals surface area contributed by atoms with Crippen molar-refractivity contribution in [2.24, 2.45) is 0 Å². The lowest BCUT2D eigenvalue weighted by atomic mass is 10.2. The smallest absolute Gasteiger partial charge is 0.264 e. The lowest BCUT2D eigenvalue weighted by Gasteiger charge is -2.31. The Labute approximate surface area is 119 Å². The van der Waals surface area contributed by atoms with E-state index in [-0.39, 0.29) is 24.4 Å². The Kier molecular flexibility index (Phi) is 3.69. The summed E-state index contributed by atoms with van der Waals surface area (Å²) in [5, 5.41) is 9.97. The Balaban J connectivity index is 1.84. The number of amides is 1. The first-order chi connectivity index (χ1) is 9.67. The molecule has 1 saturated heterocycles. The molecule has 1 fully saturated rings. The van der Waals surface area contributed by atoms with Crippen LogP contribution in [0.4, 0.5) is 4.39 Å². The molecule has 0 aliphatic carbocycles. The highest BCUT2D eigenvalue weighted by Gasteiger charge is 2.25. The maximum Gasteiger partial charge on any atom is 0.264 e. The average molecular weight is 295 g/mol. The zero-order valence-corrected chi connectivity index (χ0v) is 11.5. The number of fused-ring (bicyclic) bond motifs is 1. The molecule has 1 atom stereocenters. The van der Waals surface area contributed by atoms with Crippen LogP contribution in [0, 0.1) is 5.82 Å². The molecule has 0 radical (unpaired) electrons. The molecule has 6 heteroatoms. The van der Waals surface area contributed by atoms with Gasteiger partial charge in [-0.2, -0.15) is 0 Å². The summed E-state index contributed by atoms with van der Waals surface area (Å²) in [5.74, 6) is -0.390. The summed E-state index contributed by atoms with van der Waals surface area (Å²) in [4.78, 5) is 14.7.